The first kappa shape index (κ1) is 15.8. The molecule has 0 aliphatic rings. The van der Waals surface area contributed by atoms with Gasteiger partial charge in [0.25, 0.3) is 10.0 Å². The molecule has 2 rings (SSSR count). The van der Waals surface area contributed by atoms with Gasteiger partial charge in [-0.15, -0.1) is 0 Å². The molecule has 6 nitrogen and oxygen atoms in total. The van der Waals surface area contributed by atoms with Gasteiger partial charge in [0.2, 0.25) is 0 Å². The molecule has 116 valence electrons. The molecular weight excluding hydrogens is 302 g/mol. The normalized spacial score (nSPS) is 10.8. The Morgan fingerprint density at radius 1 is 1.00 bits per heavy atom. The van der Waals surface area contributed by atoms with Crippen molar-refractivity contribution in [1.29, 1.82) is 0 Å². The van der Waals surface area contributed by atoms with Crippen molar-refractivity contribution >= 4 is 21.7 Å². The van der Waals surface area contributed by atoms with E-state index in [2.05, 4.69) is 10.9 Å². The summed E-state index contributed by atoms with van der Waals surface area (Å²) in [5.74, 6) is 0. The number of anilines is 1. The van der Waals surface area contributed by atoms with Crippen molar-refractivity contribution in [2.75, 3.05) is 12.5 Å². The van der Waals surface area contributed by atoms with Crippen LogP contribution in [-0.2, 0) is 10.0 Å². The maximum absolute atomic E-state index is 12.3. The van der Waals surface area contributed by atoms with E-state index in [-0.39, 0.29) is 4.90 Å². The van der Waals surface area contributed by atoms with Crippen LogP contribution >= 0.6 is 0 Å². The quantitative estimate of drug-likeness (QED) is 0.848. The molecule has 0 heterocycles. The number of hydrazine groups is 1. The van der Waals surface area contributed by atoms with Crippen molar-refractivity contribution in [2.45, 2.75) is 11.8 Å². The SMILES string of the molecule is Cc1ccccc1NNC(=O)N(C)S(=O)(=O)c1ccccc1. The second-order valence-corrected chi connectivity index (χ2v) is 6.62. The van der Waals surface area contributed by atoms with Crippen LogP contribution in [0.1, 0.15) is 5.56 Å². The lowest BCUT2D eigenvalue weighted by molar-refractivity contribution is 0.230. The first-order valence-electron chi connectivity index (χ1n) is 6.58. The number of hydrogen-bond donors (Lipinski definition) is 2. The van der Waals surface area contributed by atoms with E-state index in [4.69, 9.17) is 0 Å². The van der Waals surface area contributed by atoms with E-state index in [0.29, 0.717) is 9.99 Å². The highest BCUT2D eigenvalue weighted by atomic mass is 32.2. The average molecular weight is 319 g/mol. The Labute approximate surface area is 129 Å². The lowest BCUT2D eigenvalue weighted by atomic mass is 10.2. The van der Waals surface area contributed by atoms with Crippen molar-refractivity contribution in [3.05, 3.63) is 60.2 Å². The van der Waals surface area contributed by atoms with Gasteiger partial charge in [-0.25, -0.2) is 17.5 Å². The molecule has 0 spiro atoms. The Balaban J connectivity index is 2.08. The van der Waals surface area contributed by atoms with Crippen LogP contribution < -0.4 is 10.9 Å². The Bertz CT molecular complexity index is 761. The number of urea groups is 1. The van der Waals surface area contributed by atoms with Crippen LogP contribution in [0.4, 0.5) is 10.5 Å². The highest BCUT2D eigenvalue weighted by Crippen LogP contribution is 2.14. The lowest BCUT2D eigenvalue weighted by Gasteiger charge is -2.19. The van der Waals surface area contributed by atoms with Gasteiger partial charge >= 0.3 is 6.03 Å². The van der Waals surface area contributed by atoms with E-state index in [1.165, 1.54) is 19.2 Å². The van der Waals surface area contributed by atoms with Gasteiger partial charge in [0, 0.05) is 7.05 Å². The molecule has 0 saturated carbocycles. The zero-order chi connectivity index (χ0) is 16.2. The molecule has 0 aromatic heterocycles. The first-order chi connectivity index (χ1) is 10.4. The molecule has 0 bridgehead atoms. The standard InChI is InChI=1S/C15H17N3O3S/c1-12-8-6-7-11-14(12)16-17-15(19)18(2)22(20,21)13-9-4-3-5-10-13/h3-11,16H,1-2H3,(H,17,19). The zero-order valence-corrected chi connectivity index (χ0v) is 13.1. The summed E-state index contributed by atoms with van der Waals surface area (Å²) in [6, 6.07) is 14.3. The molecule has 0 atom stereocenters. The van der Waals surface area contributed by atoms with Crippen molar-refractivity contribution in [3.63, 3.8) is 0 Å². The van der Waals surface area contributed by atoms with Gasteiger partial charge < -0.3 is 0 Å². The van der Waals surface area contributed by atoms with Crippen LogP contribution in [0, 0.1) is 6.92 Å². The van der Waals surface area contributed by atoms with Crippen molar-refractivity contribution in [3.8, 4) is 0 Å². The van der Waals surface area contributed by atoms with Crippen LogP contribution in [-0.4, -0.2) is 25.8 Å². The molecule has 0 unspecified atom stereocenters. The van der Waals surface area contributed by atoms with Crippen LogP contribution in [0.3, 0.4) is 0 Å². The largest absolute Gasteiger partial charge is 0.349 e. The molecule has 2 N–H and O–H groups in total. The van der Waals surface area contributed by atoms with Gasteiger partial charge in [-0.3, -0.25) is 10.9 Å². The number of sulfonamides is 1. The molecule has 2 amide bonds. The molecule has 7 heteroatoms. The third-order valence-corrected chi connectivity index (χ3v) is 4.89. The predicted octanol–water partition coefficient (Wildman–Crippen LogP) is 2.35. The Kier molecular flexibility index (Phi) is 4.67. The van der Waals surface area contributed by atoms with Gasteiger partial charge in [-0.2, -0.15) is 0 Å². The topological polar surface area (TPSA) is 78.5 Å². The summed E-state index contributed by atoms with van der Waals surface area (Å²) in [4.78, 5) is 12.1. The molecule has 0 saturated heterocycles. The van der Waals surface area contributed by atoms with E-state index in [9.17, 15) is 13.2 Å². The smallest absolute Gasteiger partial charge is 0.297 e. The number of rotatable bonds is 4. The van der Waals surface area contributed by atoms with Crippen molar-refractivity contribution in [1.82, 2.24) is 9.73 Å². The number of aryl methyl sites for hydroxylation is 1. The lowest BCUT2D eigenvalue weighted by Crippen LogP contribution is -2.43. The maximum Gasteiger partial charge on any atom is 0.349 e. The predicted molar refractivity (Wildman–Crippen MR) is 84.7 cm³/mol. The summed E-state index contributed by atoms with van der Waals surface area (Å²) >= 11 is 0. The van der Waals surface area contributed by atoms with Gasteiger partial charge in [-0.1, -0.05) is 36.4 Å². The number of carbonyl (C=O) groups excluding carboxylic acids is 1. The van der Waals surface area contributed by atoms with Crippen LogP contribution in [0.25, 0.3) is 0 Å². The fourth-order valence-corrected chi connectivity index (χ4v) is 2.85. The van der Waals surface area contributed by atoms with Gasteiger partial charge in [0.05, 0.1) is 10.6 Å². The third kappa shape index (κ3) is 3.37. The average Bonchev–Trinajstić information content (AvgIpc) is 2.54. The molecule has 22 heavy (non-hydrogen) atoms. The summed E-state index contributed by atoms with van der Waals surface area (Å²) in [5, 5.41) is 0. The molecule has 0 aliphatic heterocycles. The van der Waals surface area contributed by atoms with E-state index in [0.717, 1.165) is 5.56 Å². The monoisotopic (exact) mass is 319 g/mol. The number of para-hydroxylation sites is 1. The number of amides is 2. The number of carbonyl (C=O) groups is 1. The molecule has 2 aromatic rings. The maximum atomic E-state index is 12.3. The molecule has 2 aromatic carbocycles. The minimum absolute atomic E-state index is 0.0588. The van der Waals surface area contributed by atoms with Crippen LogP contribution in [0.5, 0.6) is 0 Å². The van der Waals surface area contributed by atoms with E-state index in [1.807, 2.05) is 25.1 Å². The summed E-state index contributed by atoms with van der Waals surface area (Å²) in [6.07, 6.45) is 0. The first-order valence-corrected chi connectivity index (χ1v) is 8.02. The van der Waals surface area contributed by atoms with Crippen molar-refractivity contribution in [2.24, 2.45) is 0 Å². The number of hydrogen-bond acceptors (Lipinski definition) is 4. The van der Waals surface area contributed by atoms with E-state index >= 15 is 0 Å². The highest BCUT2D eigenvalue weighted by molar-refractivity contribution is 7.89. The Morgan fingerprint density at radius 3 is 2.23 bits per heavy atom. The van der Waals surface area contributed by atoms with Gasteiger partial charge in [0.15, 0.2) is 0 Å². The Morgan fingerprint density at radius 2 is 1.59 bits per heavy atom. The van der Waals surface area contributed by atoms with Crippen LogP contribution in [0.2, 0.25) is 0 Å². The third-order valence-electron chi connectivity index (χ3n) is 3.14. The fourth-order valence-electron chi connectivity index (χ4n) is 1.77. The van der Waals surface area contributed by atoms with Gasteiger partial charge in [-0.05, 0) is 30.7 Å². The van der Waals surface area contributed by atoms with Crippen LogP contribution in [0.15, 0.2) is 59.5 Å². The fraction of sp³-hybridized carbons (Fsp3) is 0.133. The van der Waals surface area contributed by atoms with E-state index in [1.54, 1.807) is 24.3 Å². The highest BCUT2D eigenvalue weighted by Gasteiger charge is 2.25. The van der Waals surface area contributed by atoms with Crippen molar-refractivity contribution < 1.29 is 13.2 Å². The zero-order valence-electron chi connectivity index (χ0n) is 12.3. The van der Waals surface area contributed by atoms with Gasteiger partial charge in [0.1, 0.15) is 0 Å². The molecule has 0 aliphatic carbocycles. The molecular formula is C15H17N3O3S. The van der Waals surface area contributed by atoms with E-state index < -0.39 is 16.1 Å². The second-order valence-electron chi connectivity index (χ2n) is 4.66. The number of nitrogens with zero attached hydrogens (tertiary/aromatic N) is 1. The number of benzene rings is 2. The second kappa shape index (κ2) is 6.48. The summed E-state index contributed by atoms with van der Waals surface area (Å²) in [5.41, 5.74) is 6.71. The summed E-state index contributed by atoms with van der Waals surface area (Å²) in [6.45, 7) is 1.87. The minimum atomic E-state index is -3.87. The molecule has 0 radical (unpaired) electrons. The summed E-state index contributed by atoms with van der Waals surface area (Å²) < 4.78 is 25.2. The Hall–Kier alpha value is -2.54. The summed E-state index contributed by atoms with van der Waals surface area (Å²) in [7, 11) is -2.67. The minimum Gasteiger partial charge on any atom is -0.297 e. The molecule has 0 fully saturated rings. The number of nitrogens with one attached hydrogen (secondary N) is 2.